The Morgan fingerprint density at radius 3 is 2.44 bits per heavy atom. The SMILES string of the molecule is Cn1cnnc1SCC(=O)Nc1cccc(C(=O)NC(c2ccccc2)c2ccc(Cl)cc2)c1. The third-order valence-electron chi connectivity index (χ3n) is 5.02. The number of aryl methyl sites for hydroxylation is 1. The fraction of sp³-hybridized carbons (Fsp3) is 0.120. The Morgan fingerprint density at radius 2 is 1.74 bits per heavy atom. The van der Waals surface area contributed by atoms with E-state index in [1.807, 2.05) is 49.5 Å². The molecular formula is C25H22ClN5O2S. The Balaban J connectivity index is 1.46. The highest BCUT2D eigenvalue weighted by Gasteiger charge is 2.18. The first kappa shape index (κ1) is 23.5. The minimum Gasteiger partial charge on any atom is -0.341 e. The van der Waals surface area contributed by atoms with E-state index >= 15 is 0 Å². The van der Waals surface area contributed by atoms with Crippen LogP contribution < -0.4 is 10.6 Å². The molecule has 1 atom stereocenters. The number of nitrogens with zero attached hydrogens (tertiary/aromatic N) is 3. The van der Waals surface area contributed by atoms with Gasteiger partial charge in [0.15, 0.2) is 5.16 Å². The van der Waals surface area contributed by atoms with Crippen molar-refractivity contribution in [2.45, 2.75) is 11.2 Å². The normalized spacial score (nSPS) is 11.6. The molecule has 1 aromatic heterocycles. The van der Waals surface area contributed by atoms with Crippen molar-refractivity contribution in [2.75, 3.05) is 11.1 Å². The summed E-state index contributed by atoms with van der Waals surface area (Å²) < 4.78 is 1.74. The topological polar surface area (TPSA) is 88.9 Å². The van der Waals surface area contributed by atoms with E-state index in [1.54, 1.807) is 47.3 Å². The molecule has 0 saturated heterocycles. The van der Waals surface area contributed by atoms with Crippen molar-refractivity contribution in [3.8, 4) is 0 Å². The van der Waals surface area contributed by atoms with Crippen LogP contribution in [-0.4, -0.2) is 32.3 Å². The van der Waals surface area contributed by atoms with Crippen LogP contribution in [0.1, 0.15) is 27.5 Å². The predicted octanol–water partition coefficient (Wildman–Crippen LogP) is 4.72. The van der Waals surface area contributed by atoms with Crippen LogP contribution in [0, 0.1) is 0 Å². The first-order chi connectivity index (χ1) is 16.5. The van der Waals surface area contributed by atoms with Crippen LogP contribution in [0.2, 0.25) is 5.02 Å². The summed E-state index contributed by atoms with van der Waals surface area (Å²) in [5.74, 6) is -0.280. The lowest BCUT2D eigenvalue weighted by molar-refractivity contribution is -0.113. The summed E-state index contributed by atoms with van der Waals surface area (Å²) in [5, 5.41) is 15.0. The highest BCUT2D eigenvalue weighted by molar-refractivity contribution is 7.99. The van der Waals surface area contributed by atoms with Crippen LogP contribution in [0.5, 0.6) is 0 Å². The molecule has 0 aliphatic carbocycles. The monoisotopic (exact) mass is 491 g/mol. The van der Waals surface area contributed by atoms with Crippen LogP contribution in [0.4, 0.5) is 5.69 Å². The molecule has 0 aliphatic rings. The lowest BCUT2D eigenvalue weighted by Crippen LogP contribution is -2.29. The molecule has 1 unspecified atom stereocenters. The van der Waals surface area contributed by atoms with Crippen LogP contribution >= 0.6 is 23.4 Å². The summed E-state index contributed by atoms with van der Waals surface area (Å²) >= 11 is 7.34. The zero-order valence-electron chi connectivity index (χ0n) is 18.3. The molecule has 0 aliphatic heterocycles. The highest BCUT2D eigenvalue weighted by Crippen LogP contribution is 2.24. The fourth-order valence-corrected chi connectivity index (χ4v) is 4.16. The smallest absolute Gasteiger partial charge is 0.252 e. The highest BCUT2D eigenvalue weighted by atomic mass is 35.5. The minimum atomic E-state index is -0.355. The number of amides is 2. The number of hydrogen-bond donors (Lipinski definition) is 2. The van der Waals surface area contributed by atoms with E-state index in [-0.39, 0.29) is 23.6 Å². The van der Waals surface area contributed by atoms with Gasteiger partial charge in [-0.1, -0.05) is 71.9 Å². The lowest BCUT2D eigenvalue weighted by Gasteiger charge is -2.20. The number of benzene rings is 3. The molecule has 3 aromatic carbocycles. The van der Waals surface area contributed by atoms with Crippen LogP contribution in [0.3, 0.4) is 0 Å². The molecule has 2 N–H and O–H groups in total. The van der Waals surface area contributed by atoms with E-state index in [0.29, 0.717) is 21.4 Å². The minimum absolute atomic E-state index is 0.176. The van der Waals surface area contributed by atoms with E-state index in [9.17, 15) is 9.59 Å². The van der Waals surface area contributed by atoms with Gasteiger partial charge in [0, 0.05) is 23.3 Å². The van der Waals surface area contributed by atoms with Crippen LogP contribution in [0.25, 0.3) is 0 Å². The van der Waals surface area contributed by atoms with E-state index in [4.69, 9.17) is 11.6 Å². The van der Waals surface area contributed by atoms with E-state index in [1.165, 1.54) is 11.8 Å². The number of nitrogens with one attached hydrogen (secondary N) is 2. The first-order valence-corrected chi connectivity index (χ1v) is 11.8. The number of carbonyl (C=O) groups is 2. The van der Waals surface area contributed by atoms with Crippen molar-refractivity contribution < 1.29 is 9.59 Å². The van der Waals surface area contributed by atoms with Crippen molar-refractivity contribution in [2.24, 2.45) is 7.05 Å². The molecule has 4 rings (SSSR count). The Bertz CT molecular complexity index is 1280. The van der Waals surface area contributed by atoms with Gasteiger partial charge in [-0.2, -0.15) is 0 Å². The van der Waals surface area contributed by atoms with Gasteiger partial charge in [-0.15, -0.1) is 10.2 Å². The molecule has 34 heavy (non-hydrogen) atoms. The molecule has 9 heteroatoms. The van der Waals surface area contributed by atoms with Crippen molar-refractivity contribution in [3.63, 3.8) is 0 Å². The summed E-state index contributed by atoms with van der Waals surface area (Å²) in [5.41, 5.74) is 2.84. The van der Waals surface area contributed by atoms with Gasteiger partial charge in [-0.3, -0.25) is 9.59 Å². The van der Waals surface area contributed by atoms with E-state index < -0.39 is 0 Å². The molecule has 172 valence electrons. The zero-order valence-corrected chi connectivity index (χ0v) is 19.9. The summed E-state index contributed by atoms with van der Waals surface area (Å²) in [6, 6.07) is 23.6. The molecule has 4 aromatic rings. The molecule has 7 nitrogen and oxygen atoms in total. The average molecular weight is 492 g/mol. The van der Waals surface area contributed by atoms with Crippen LogP contribution in [-0.2, 0) is 11.8 Å². The standard InChI is InChI=1S/C25H22ClN5O2S/c1-31-16-27-30-25(31)34-15-22(32)28-21-9-5-8-19(14-21)24(33)29-23(17-6-3-2-4-7-17)18-10-12-20(26)13-11-18/h2-14,16,23H,15H2,1H3,(H,28,32)(H,29,33). The summed E-state index contributed by atoms with van der Waals surface area (Å²) in [4.78, 5) is 25.5. The molecule has 0 spiro atoms. The van der Waals surface area contributed by atoms with Gasteiger partial charge in [0.2, 0.25) is 5.91 Å². The van der Waals surface area contributed by atoms with Crippen molar-refractivity contribution >= 4 is 40.9 Å². The third kappa shape index (κ3) is 6.03. The Morgan fingerprint density at radius 1 is 1.00 bits per heavy atom. The summed E-state index contributed by atoms with van der Waals surface area (Å²) in [6.07, 6.45) is 1.58. The van der Waals surface area contributed by atoms with E-state index in [2.05, 4.69) is 20.8 Å². The van der Waals surface area contributed by atoms with E-state index in [0.717, 1.165) is 11.1 Å². The maximum Gasteiger partial charge on any atom is 0.252 e. The van der Waals surface area contributed by atoms with Gasteiger partial charge in [0.05, 0.1) is 11.8 Å². The largest absolute Gasteiger partial charge is 0.341 e. The quantitative estimate of drug-likeness (QED) is 0.348. The molecule has 0 bridgehead atoms. The van der Waals surface area contributed by atoms with Crippen molar-refractivity contribution in [3.05, 3.63) is 107 Å². The zero-order chi connectivity index (χ0) is 23.9. The number of anilines is 1. The number of halogens is 1. The molecule has 1 heterocycles. The third-order valence-corrected chi connectivity index (χ3v) is 6.31. The van der Waals surface area contributed by atoms with Gasteiger partial charge in [0.1, 0.15) is 6.33 Å². The summed E-state index contributed by atoms with van der Waals surface area (Å²) in [6.45, 7) is 0. The van der Waals surface area contributed by atoms with Crippen LogP contribution in [0.15, 0.2) is 90.3 Å². The molecular weight excluding hydrogens is 470 g/mol. The second-order valence-corrected chi connectivity index (χ2v) is 8.89. The van der Waals surface area contributed by atoms with Gasteiger partial charge in [-0.25, -0.2) is 0 Å². The average Bonchev–Trinajstić information content (AvgIpc) is 3.27. The number of hydrogen-bond acceptors (Lipinski definition) is 5. The van der Waals surface area contributed by atoms with Gasteiger partial charge < -0.3 is 15.2 Å². The lowest BCUT2D eigenvalue weighted by atomic mass is 9.98. The Kier molecular flexibility index (Phi) is 7.61. The molecule has 0 fully saturated rings. The second kappa shape index (κ2) is 11.0. The number of rotatable bonds is 8. The van der Waals surface area contributed by atoms with Gasteiger partial charge in [0.25, 0.3) is 5.91 Å². The summed E-state index contributed by atoms with van der Waals surface area (Å²) in [7, 11) is 1.81. The maximum atomic E-state index is 13.2. The predicted molar refractivity (Wildman–Crippen MR) is 134 cm³/mol. The fourth-order valence-electron chi connectivity index (χ4n) is 3.34. The van der Waals surface area contributed by atoms with Gasteiger partial charge in [-0.05, 0) is 41.5 Å². The second-order valence-electron chi connectivity index (χ2n) is 7.51. The van der Waals surface area contributed by atoms with Gasteiger partial charge >= 0.3 is 0 Å². The van der Waals surface area contributed by atoms with Crippen molar-refractivity contribution in [1.82, 2.24) is 20.1 Å². The molecule has 0 radical (unpaired) electrons. The van der Waals surface area contributed by atoms with Crippen molar-refractivity contribution in [1.29, 1.82) is 0 Å². The number of carbonyl (C=O) groups excluding carboxylic acids is 2. The Hall–Kier alpha value is -3.62. The first-order valence-electron chi connectivity index (χ1n) is 10.5. The maximum absolute atomic E-state index is 13.2. The molecule has 0 saturated carbocycles. The Labute approximate surface area is 206 Å². The number of thioether (sulfide) groups is 1. The molecule has 2 amide bonds. The number of aromatic nitrogens is 3.